The lowest BCUT2D eigenvalue weighted by Crippen LogP contribution is -1.91. The number of aryl methyl sites for hydroxylation is 2. The topological polar surface area (TPSA) is 0 Å². The molecule has 0 saturated heterocycles. The molecule has 5 rings (SSSR count). The van der Waals surface area contributed by atoms with Crippen molar-refractivity contribution in [2.24, 2.45) is 0 Å². The second-order valence-electron chi connectivity index (χ2n) is 7.57. The van der Waals surface area contributed by atoms with Crippen molar-refractivity contribution in [3.8, 4) is 22.3 Å². The predicted molar refractivity (Wildman–Crippen MR) is 122 cm³/mol. The zero-order chi connectivity index (χ0) is 19.1. The van der Waals surface area contributed by atoms with Crippen LogP contribution in [0.15, 0.2) is 97.1 Å². The van der Waals surface area contributed by atoms with E-state index in [1.54, 1.807) is 0 Å². The van der Waals surface area contributed by atoms with E-state index in [1.807, 2.05) is 0 Å². The molecular formula is C28H22. The molecule has 0 unspecified atom stereocenters. The summed E-state index contributed by atoms with van der Waals surface area (Å²) in [5.41, 5.74) is 7.82. The van der Waals surface area contributed by atoms with Crippen molar-refractivity contribution < 1.29 is 0 Å². The molecule has 0 aliphatic carbocycles. The Bertz CT molecular complexity index is 1320. The molecule has 5 aromatic rings. The summed E-state index contributed by atoms with van der Waals surface area (Å²) in [7, 11) is 0. The fourth-order valence-corrected chi connectivity index (χ4v) is 4.18. The predicted octanol–water partition coefficient (Wildman–Crippen LogP) is 7.94. The molecule has 0 heteroatoms. The van der Waals surface area contributed by atoms with Gasteiger partial charge in [0.2, 0.25) is 0 Å². The lowest BCUT2D eigenvalue weighted by atomic mass is 9.89. The van der Waals surface area contributed by atoms with Crippen LogP contribution in [0, 0.1) is 13.8 Å². The molecule has 0 aromatic heterocycles. The van der Waals surface area contributed by atoms with Gasteiger partial charge in [-0.25, -0.2) is 0 Å². The molecule has 0 aliphatic rings. The van der Waals surface area contributed by atoms with Gasteiger partial charge >= 0.3 is 0 Å². The maximum Gasteiger partial charge on any atom is -0.00732 e. The first-order valence-corrected chi connectivity index (χ1v) is 9.79. The van der Waals surface area contributed by atoms with E-state index in [0.717, 1.165) is 0 Å². The summed E-state index contributed by atoms with van der Waals surface area (Å²) in [5.74, 6) is 0. The Labute approximate surface area is 166 Å². The van der Waals surface area contributed by atoms with E-state index >= 15 is 0 Å². The first kappa shape index (κ1) is 16.8. The molecule has 0 saturated carbocycles. The molecule has 0 amide bonds. The molecule has 0 spiro atoms. The van der Waals surface area contributed by atoms with Crippen LogP contribution in [0.4, 0.5) is 0 Å². The SMILES string of the molecule is Cc1ccc(-c2ccc3ccccc3c2)cc1-c1c(C)ccc2ccccc12. The molecule has 5 aromatic carbocycles. The van der Waals surface area contributed by atoms with Crippen LogP contribution in [-0.2, 0) is 0 Å². The van der Waals surface area contributed by atoms with Crippen LogP contribution in [0.2, 0.25) is 0 Å². The zero-order valence-electron chi connectivity index (χ0n) is 16.2. The van der Waals surface area contributed by atoms with Crippen molar-refractivity contribution in [3.05, 3.63) is 108 Å². The summed E-state index contributed by atoms with van der Waals surface area (Å²) >= 11 is 0. The van der Waals surface area contributed by atoms with Crippen molar-refractivity contribution in [2.45, 2.75) is 13.8 Å². The summed E-state index contributed by atoms with van der Waals surface area (Å²) in [6.45, 7) is 4.42. The highest BCUT2D eigenvalue weighted by molar-refractivity contribution is 5.99. The van der Waals surface area contributed by atoms with E-state index in [9.17, 15) is 0 Å². The van der Waals surface area contributed by atoms with Gasteiger partial charge in [0, 0.05) is 0 Å². The molecule has 0 atom stereocenters. The van der Waals surface area contributed by atoms with Gasteiger partial charge in [-0.05, 0) is 80.9 Å². The largest absolute Gasteiger partial charge is 0.0616 e. The first-order chi connectivity index (χ1) is 13.7. The molecule has 0 radical (unpaired) electrons. The van der Waals surface area contributed by atoms with E-state index in [1.165, 1.54) is 54.9 Å². The van der Waals surface area contributed by atoms with Gasteiger partial charge in [0.25, 0.3) is 0 Å². The van der Waals surface area contributed by atoms with Gasteiger partial charge in [-0.1, -0.05) is 84.9 Å². The minimum Gasteiger partial charge on any atom is -0.0616 e. The van der Waals surface area contributed by atoms with Gasteiger partial charge in [-0.2, -0.15) is 0 Å². The lowest BCUT2D eigenvalue weighted by molar-refractivity contribution is 1.42. The quantitative estimate of drug-likeness (QED) is 0.300. The number of hydrogen-bond acceptors (Lipinski definition) is 0. The number of hydrogen-bond donors (Lipinski definition) is 0. The number of rotatable bonds is 2. The standard InChI is InChI=1S/C28H22/c1-19-11-14-25(24-16-15-21-7-3-4-9-23(21)17-24)18-27(19)28-20(2)12-13-22-8-5-6-10-26(22)28/h3-18H,1-2H3. The Morgan fingerprint density at radius 1 is 0.464 bits per heavy atom. The second kappa shape index (κ2) is 6.65. The highest BCUT2D eigenvalue weighted by Gasteiger charge is 2.11. The summed E-state index contributed by atoms with van der Waals surface area (Å²) in [6.07, 6.45) is 0. The Morgan fingerprint density at radius 3 is 1.93 bits per heavy atom. The molecule has 0 heterocycles. The minimum atomic E-state index is 1.26. The third-order valence-corrected chi connectivity index (χ3v) is 5.73. The maximum atomic E-state index is 2.36. The summed E-state index contributed by atoms with van der Waals surface area (Å²) in [6, 6.07) is 35.3. The summed E-state index contributed by atoms with van der Waals surface area (Å²) < 4.78 is 0. The van der Waals surface area contributed by atoms with Gasteiger partial charge in [0.05, 0.1) is 0 Å². The fraction of sp³-hybridized carbons (Fsp3) is 0.0714. The van der Waals surface area contributed by atoms with Gasteiger partial charge in [-0.15, -0.1) is 0 Å². The van der Waals surface area contributed by atoms with E-state index < -0.39 is 0 Å². The monoisotopic (exact) mass is 358 g/mol. The van der Waals surface area contributed by atoms with E-state index in [4.69, 9.17) is 0 Å². The van der Waals surface area contributed by atoms with Gasteiger partial charge in [0.1, 0.15) is 0 Å². The highest BCUT2D eigenvalue weighted by atomic mass is 14.2. The van der Waals surface area contributed by atoms with Crippen molar-refractivity contribution >= 4 is 21.5 Å². The number of benzene rings is 5. The molecule has 0 bridgehead atoms. The van der Waals surface area contributed by atoms with Crippen LogP contribution in [0.25, 0.3) is 43.8 Å². The van der Waals surface area contributed by atoms with Crippen LogP contribution in [0.5, 0.6) is 0 Å². The summed E-state index contributed by atoms with van der Waals surface area (Å²) in [5, 5.41) is 5.17. The van der Waals surface area contributed by atoms with E-state index in [-0.39, 0.29) is 0 Å². The third-order valence-electron chi connectivity index (χ3n) is 5.73. The Hall–Kier alpha value is -3.38. The lowest BCUT2D eigenvalue weighted by Gasteiger charge is -2.15. The van der Waals surface area contributed by atoms with Gasteiger partial charge < -0.3 is 0 Å². The highest BCUT2D eigenvalue weighted by Crippen LogP contribution is 2.36. The second-order valence-corrected chi connectivity index (χ2v) is 7.57. The van der Waals surface area contributed by atoms with Crippen LogP contribution < -0.4 is 0 Å². The Morgan fingerprint density at radius 2 is 1.07 bits per heavy atom. The van der Waals surface area contributed by atoms with Crippen molar-refractivity contribution in [3.63, 3.8) is 0 Å². The van der Waals surface area contributed by atoms with Crippen molar-refractivity contribution in [1.29, 1.82) is 0 Å². The normalized spacial score (nSPS) is 11.2. The molecule has 0 N–H and O–H groups in total. The molecular weight excluding hydrogens is 336 g/mol. The molecule has 0 fully saturated rings. The number of fused-ring (bicyclic) bond motifs is 2. The Kier molecular flexibility index (Phi) is 3.98. The Balaban J connectivity index is 1.73. The van der Waals surface area contributed by atoms with Crippen LogP contribution in [0.3, 0.4) is 0 Å². The molecule has 0 aliphatic heterocycles. The molecule has 28 heavy (non-hydrogen) atoms. The van der Waals surface area contributed by atoms with Crippen LogP contribution in [0.1, 0.15) is 11.1 Å². The van der Waals surface area contributed by atoms with Crippen LogP contribution in [-0.4, -0.2) is 0 Å². The third kappa shape index (κ3) is 2.78. The van der Waals surface area contributed by atoms with Gasteiger partial charge in [-0.3, -0.25) is 0 Å². The fourth-order valence-electron chi connectivity index (χ4n) is 4.18. The average Bonchev–Trinajstić information content (AvgIpc) is 2.74. The van der Waals surface area contributed by atoms with Gasteiger partial charge in [0.15, 0.2) is 0 Å². The van der Waals surface area contributed by atoms with E-state index in [0.29, 0.717) is 0 Å². The van der Waals surface area contributed by atoms with Crippen molar-refractivity contribution in [1.82, 2.24) is 0 Å². The zero-order valence-corrected chi connectivity index (χ0v) is 16.2. The molecule has 0 nitrogen and oxygen atoms in total. The molecule has 134 valence electrons. The first-order valence-electron chi connectivity index (χ1n) is 9.79. The minimum absolute atomic E-state index is 1.26. The smallest absolute Gasteiger partial charge is 0.00732 e. The maximum absolute atomic E-state index is 2.36. The van der Waals surface area contributed by atoms with Crippen molar-refractivity contribution in [2.75, 3.05) is 0 Å². The van der Waals surface area contributed by atoms with E-state index in [2.05, 4.69) is 111 Å². The average molecular weight is 358 g/mol. The summed E-state index contributed by atoms with van der Waals surface area (Å²) in [4.78, 5) is 0. The van der Waals surface area contributed by atoms with Crippen LogP contribution >= 0.6 is 0 Å².